The lowest BCUT2D eigenvalue weighted by Crippen LogP contribution is -2.40. The van der Waals surface area contributed by atoms with Gasteiger partial charge in [-0.2, -0.15) is 5.26 Å². The van der Waals surface area contributed by atoms with Gasteiger partial charge in [0.1, 0.15) is 6.10 Å². The van der Waals surface area contributed by atoms with E-state index < -0.39 is 28.3 Å². The Balaban J connectivity index is 3.04. The van der Waals surface area contributed by atoms with E-state index in [1.165, 1.54) is 20.0 Å². The van der Waals surface area contributed by atoms with Crippen LogP contribution in [0.3, 0.4) is 0 Å². The van der Waals surface area contributed by atoms with Crippen molar-refractivity contribution in [2.24, 2.45) is 0 Å². The van der Waals surface area contributed by atoms with Crippen molar-refractivity contribution < 1.29 is 27.4 Å². The summed E-state index contributed by atoms with van der Waals surface area (Å²) in [4.78, 5) is 0. The monoisotopic (exact) mass is 446 g/mol. The first-order valence-electron chi connectivity index (χ1n) is 9.70. The summed E-state index contributed by atoms with van der Waals surface area (Å²) in [5, 5.41) is 8.85. The van der Waals surface area contributed by atoms with Crippen molar-refractivity contribution in [2.75, 3.05) is 27.4 Å². The molecule has 0 aromatic rings. The average molecular weight is 446 g/mol. The zero-order valence-electron chi connectivity index (χ0n) is 18.2. The van der Waals surface area contributed by atoms with Crippen molar-refractivity contribution in [3.63, 3.8) is 0 Å². The highest BCUT2D eigenvalue weighted by Gasteiger charge is 2.36. The standard InChI is InChI=1S/C18H33BN2O6P2/c1-14(2)21(15(3)4)28(26-10-7-9-20)27-18-12-16(19)13-25-17(18)8-11-29(22,23-5)24-6/h8,11,14-18H,7,10,12-13H2,1-6H3/b11-8+. The number of rotatable bonds is 12. The molecule has 4 atom stereocenters. The van der Waals surface area contributed by atoms with Gasteiger partial charge in [0.25, 0.3) is 8.53 Å². The topological polar surface area (TPSA) is 90.3 Å². The van der Waals surface area contributed by atoms with Crippen molar-refractivity contribution >= 4 is 24.0 Å². The van der Waals surface area contributed by atoms with Gasteiger partial charge in [0.05, 0.1) is 33.0 Å². The van der Waals surface area contributed by atoms with Gasteiger partial charge in [0.2, 0.25) is 0 Å². The Morgan fingerprint density at radius 2 is 1.93 bits per heavy atom. The van der Waals surface area contributed by atoms with E-state index in [1.54, 1.807) is 6.08 Å². The maximum Gasteiger partial charge on any atom is 0.353 e. The van der Waals surface area contributed by atoms with Gasteiger partial charge in [-0.15, -0.1) is 0 Å². The van der Waals surface area contributed by atoms with E-state index in [0.717, 1.165) is 0 Å². The second-order valence-electron chi connectivity index (χ2n) is 7.23. The molecular weight excluding hydrogens is 413 g/mol. The molecule has 1 fully saturated rings. The second-order valence-corrected chi connectivity index (χ2v) is 10.7. The zero-order valence-corrected chi connectivity index (χ0v) is 20.0. The smallest absolute Gasteiger partial charge is 0.353 e. The van der Waals surface area contributed by atoms with Gasteiger partial charge in [-0.3, -0.25) is 4.57 Å². The van der Waals surface area contributed by atoms with Gasteiger partial charge in [-0.05, 0) is 40.2 Å². The largest absolute Gasteiger partial charge is 0.372 e. The fraction of sp³-hybridized carbons (Fsp3) is 0.833. The van der Waals surface area contributed by atoms with E-state index in [1.807, 2.05) is 0 Å². The second kappa shape index (κ2) is 13.2. The van der Waals surface area contributed by atoms with Crippen LogP contribution in [0.1, 0.15) is 40.5 Å². The summed E-state index contributed by atoms with van der Waals surface area (Å²) in [5.74, 6) is 1.20. The first kappa shape index (κ1) is 26.7. The lowest BCUT2D eigenvalue weighted by Gasteiger charge is -2.40. The summed E-state index contributed by atoms with van der Waals surface area (Å²) in [6.45, 7) is 8.92. The van der Waals surface area contributed by atoms with E-state index in [9.17, 15) is 4.57 Å². The van der Waals surface area contributed by atoms with E-state index in [0.29, 0.717) is 13.0 Å². The van der Waals surface area contributed by atoms with Crippen LogP contribution in [0.2, 0.25) is 5.82 Å². The number of ether oxygens (including phenoxy) is 1. The molecule has 0 aliphatic carbocycles. The molecule has 2 radical (unpaired) electrons. The van der Waals surface area contributed by atoms with Gasteiger partial charge >= 0.3 is 7.60 Å². The van der Waals surface area contributed by atoms with E-state index >= 15 is 0 Å². The predicted molar refractivity (Wildman–Crippen MR) is 115 cm³/mol. The molecule has 29 heavy (non-hydrogen) atoms. The zero-order chi connectivity index (χ0) is 22.0. The molecule has 1 aliphatic rings. The molecule has 1 rings (SSSR count). The van der Waals surface area contributed by atoms with Crippen molar-refractivity contribution in [1.29, 1.82) is 5.26 Å². The minimum atomic E-state index is -3.32. The van der Waals surface area contributed by atoms with Crippen LogP contribution >= 0.6 is 16.1 Å². The molecule has 1 heterocycles. The van der Waals surface area contributed by atoms with Gasteiger partial charge < -0.3 is 22.8 Å². The summed E-state index contributed by atoms with van der Waals surface area (Å²) >= 11 is 0. The summed E-state index contributed by atoms with van der Waals surface area (Å²) < 4.78 is 42.5. The lowest BCUT2D eigenvalue weighted by molar-refractivity contribution is -0.0415. The number of nitrogens with zero attached hydrogens (tertiary/aromatic N) is 2. The highest BCUT2D eigenvalue weighted by atomic mass is 31.2. The van der Waals surface area contributed by atoms with E-state index in [2.05, 4.69) is 38.4 Å². The first-order chi connectivity index (χ1) is 13.7. The van der Waals surface area contributed by atoms with Crippen LogP contribution in [0, 0.1) is 11.3 Å². The van der Waals surface area contributed by atoms with Gasteiger partial charge in [0, 0.05) is 38.7 Å². The fourth-order valence-electron chi connectivity index (χ4n) is 2.92. The van der Waals surface area contributed by atoms with Crippen LogP contribution in [0.25, 0.3) is 0 Å². The molecular formula is C18H33BN2O6P2. The van der Waals surface area contributed by atoms with Crippen LogP contribution in [0.5, 0.6) is 0 Å². The van der Waals surface area contributed by atoms with Crippen molar-refractivity contribution in [3.05, 3.63) is 11.9 Å². The molecule has 0 aromatic carbocycles. The Kier molecular flexibility index (Phi) is 12.2. The normalized spacial score (nSPS) is 24.5. The molecule has 0 spiro atoms. The Bertz CT molecular complexity index is 585. The van der Waals surface area contributed by atoms with E-state index in [-0.39, 0.29) is 30.9 Å². The molecule has 8 nitrogen and oxygen atoms in total. The number of nitriles is 1. The molecule has 0 saturated carbocycles. The van der Waals surface area contributed by atoms with Crippen LogP contribution in [-0.4, -0.2) is 64.2 Å². The minimum absolute atomic E-state index is 0.177. The van der Waals surface area contributed by atoms with Gasteiger partial charge in [0.15, 0.2) is 0 Å². The maximum atomic E-state index is 12.3. The number of hydrogen-bond donors (Lipinski definition) is 0. The minimum Gasteiger partial charge on any atom is -0.372 e. The van der Waals surface area contributed by atoms with Gasteiger partial charge in [-0.25, -0.2) is 4.67 Å². The molecule has 0 N–H and O–H groups in total. The van der Waals surface area contributed by atoms with Crippen molar-refractivity contribution in [2.45, 2.75) is 70.6 Å². The number of hydrogen-bond acceptors (Lipinski definition) is 8. The lowest BCUT2D eigenvalue weighted by atomic mass is 9.80. The third-order valence-electron chi connectivity index (χ3n) is 4.26. The van der Waals surface area contributed by atoms with Crippen LogP contribution in [0.15, 0.2) is 11.9 Å². The Morgan fingerprint density at radius 3 is 2.45 bits per heavy atom. The molecule has 0 bridgehead atoms. The highest BCUT2D eigenvalue weighted by molar-refractivity contribution is 7.57. The first-order valence-corrected chi connectivity index (χ1v) is 12.4. The highest BCUT2D eigenvalue weighted by Crippen LogP contribution is 2.50. The van der Waals surface area contributed by atoms with Crippen LogP contribution in [0.4, 0.5) is 0 Å². The molecule has 164 valence electrons. The molecule has 1 saturated heterocycles. The molecule has 1 aliphatic heterocycles. The summed E-state index contributed by atoms with van der Waals surface area (Å²) in [7, 11) is 3.98. The molecule has 4 unspecified atom stereocenters. The Morgan fingerprint density at radius 1 is 1.31 bits per heavy atom. The Labute approximate surface area is 177 Å². The third kappa shape index (κ3) is 8.77. The maximum absolute atomic E-state index is 12.3. The third-order valence-corrected chi connectivity index (χ3v) is 7.97. The summed E-state index contributed by atoms with van der Waals surface area (Å²) in [6, 6.07) is 2.44. The summed E-state index contributed by atoms with van der Waals surface area (Å²) in [5.41, 5.74) is 0. The summed E-state index contributed by atoms with van der Waals surface area (Å²) in [6.07, 6.45) is 1.61. The van der Waals surface area contributed by atoms with Crippen molar-refractivity contribution in [3.8, 4) is 6.07 Å². The Hall–Kier alpha value is -0.285. The van der Waals surface area contributed by atoms with E-state index in [4.69, 9.17) is 35.9 Å². The average Bonchev–Trinajstić information content (AvgIpc) is 2.66. The van der Waals surface area contributed by atoms with Crippen molar-refractivity contribution in [1.82, 2.24) is 4.67 Å². The van der Waals surface area contributed by atoms with Gasteiger partial charge in [-0.1, -0.05) is 5.82 Å². The SMILES string of the molecule is [B]C1COC(/C=C/P(=O)(OC)OC)C(OP(OCCC#N)N(C(C)C)C(C)C)C1. The molecule has 0 aromatic heterocycles. The molecule has 11 heteroatoms. The predicted octanol–water partition coefficient (Wildman–Crippen LogP) is 4.39. The quantitative estimate of drug-likeness (QED) is 0.248. The molecule has 0 amide bonds. The van der Waals surface area contributed by atoms with Crippen LogP contribution in [-0.2, 0) is 27.4 Å². The van der Waals surface area contributed by atoms with Crippen LogP contribution < -0.4 is 0 Å². The fourth-order valence-corrected chi connectivity index (χ4v) is 5.44.